The Balaban J connectivity index is 0.000000448. The van der Waals surface area contributed by atoms with E-state index in [9.17, 15) is 4.79 Å². The van der Waals surface area contributed by atoms with E-state index < -0.39 is 0 Å². The fraction of sp³-hybridized carbons (Fsp3) is 0.480. The van der Waals surface area contributed by atoms with Crippen LogP contribution in [0.1, 0.15) is 59.6 Å². The van der Waals surface area contributed by atoms with Crippen molar-refractivity contribution < 1.29 is 14.3 Å². The maximum Gasteiger partial charge on any atom is 0.211 e. The first-order valence-corrected chi connectivity index (χ1v) is 11.4. The summed E-state index contributed by atoms with van der Waals surface area (Å²) in [5.41, 5.74) is 2.56. The van der Waals surface area contributed by atoms with Crippen LogP contribution in [0.4, 0.5) is 5.69 Å². The van der Waals surface area contributed by atoms with Gasteiger partial charge in [0, 0.05) is 29.3 Å². The third-order valence-electron chi connectivity index (χ3n) is 5.07. The van der Waals surface area contributed by atoms with Crippen LogP contribution >= 0.6 is 0 Å². The Kier molecular flexibility index (Phi) is 10.1. The number of carbonyl (C=O) groups excluding carboxylic acids is 1. The highest BCUT2D eigenvalue weighted by Crippen LogP contribution is 2.30. The Bertz CT molecular complexity index is 982. The van der Waals surface area contributed by atoms with E-state index in [1.807, 2.05) is 55.8 Å². The summed E-state index contributed by atoms with van der Waals surface area (Å²) in [5.74, 6) is 2.74. The van der Waals surface area contributed by atoms with Crippen LogP contribution in [0.15, 0.2) is 36.8 Å². The van der Waals surface area contributed by atoms with E-state index in [0.29, 0.717) is 24.6 Å². The highest BCUT2D eigenvalue weighted by atomic mass is 16.5. The molecule has 1 N–H and O–H groups in total. The van der Waals surface area contributed by atoms with Crippen molar-refractivity contribution in [2.45, 2.75) is 53.9 Å². The molecule has 0 spiro atoms. The molecule has 1 amide bonds. The predicted molar refractivity (Wildman–Crippen MR) is 130 cm³/mol. The van der Waals surface area contributed by atoms with Crippen molar-refractivity contribution in [3.8, 4) is 11.6 Å². The van der Waals surface area contributed by atoms with Gasteiger partial charge in [-0.15, -0.1) is 0 Å². The topological polar surface area (TPSA) is 78.3 Å². The van der Waals surface area contributed by atoms with Crippen LogP contribution in [0, 0.1) is 5.92 Å². The number of fused-ring (bicyclic) bond motifs is 1. The second-order valence-corrected chi connectivity index (χ2v) is 7.56. The normalized spacial score (nSPS) is 13.7. The summed E-state index contributed by atoms with van der Waals surface area (Å²) in [6.45, 7) is 15.0. The maximum atomic E-state index is 10.7. The van der Waals surface area contributed by atoms with Crippen LogP contribution < -0.4 is 10.1 Å². The number of hydrogen-bond acceptors (Lipinski definition) is 5. The number of aromatic nitrogens is 3. The van der Waals surface area contributed by atoms with Gasteiger partial charge in [-0.25, -0.2) is 9.97 Å². The third-order valence-corrected chi connectivity index (χ3v) is 5.07. The van der Waals surface area contributed by atoms with Gasteiger partial charge < -0.3 is 14.8 Å². The van der Waals surface area contributed by atoms with Crippen molar-refractivity contribution in [1.29, 1.82) is 0 Å². The average Bonchev–Trinajstić information content (AvgIpc) is 3.30. The molecule has 4 rings (SSSR count). The molecule has 32 heavy (non-hydrogen) atoms. The lowest BCUT2D eigenvalue weighted by atomic mass is 10.1. The van der Waals surface area contributed by atoms with E-state index in [4.69, 9.17) is 14.5 Å². The molecule has 0 aliphatic carbocycles. The number of amides is 1. The molecule has 1 aromatic carbocycles. The fourth-order valence-corrected chi connectivity index (χ4v) is 3.03. The minimum Gasteiger partial charge on any atom is -0.493 e. The van der Waals surface area contributed by atoms with Crippen LogP contribution in [-0.2, 0) is 9.53 Å². The summed E-state index contributed by atoms with van der Waals surface area (Å²) in [6.07, 6.45) is 5.50. The number of ether oxygens (including phenoxy) is 2. The van der Waals surface area contributed by atoms with Crippen molar-refractivity contribution >= 4 is 23.0 Å². The minimum atomic E-state index is 0.407. The molecule has 1 aliphatic heterocycles. The number of anilines is 1. The number of hydrogen-bond donors (Lipinski definition) is 1. The van der Waals surface area contributed by atoms with Gasteiger partial charge in [-0.3, -0.25) is 9.36 Å². The van der Waals surface area contributed by atoms with Gasteiger partial charge in [0.2, 0.25) is 6.41 Å². The number of nitrogens with zero attached hydrogens (tertiary/aromatic N) is 3. The van der Waals surface area contributed by atoms with Gasteiger partial charge in [0.1, 0.15) is 17.9 Å². The molecule has 7 nitrogen and oxygen atoms in total. The molecule has 1 unspecified atom stereocenters. The molecule has 1 fully saturated rings. The third kappa shape index (κ3) is 6.53. The van der Waals surface area contributed by atoms with Gasteiger partial charge in [0.05, 0.1) is 31.0 Å². The van der Waals surface area contributed by atoms with Crippen LogP contribution in [0.5, 0.6) is 5.75 Å². The van der Waals surface area contributed by atoms with Gasteiger partial charge >= 0.3 is 0 Å². The predicted octanol–water partition coefficient (Wildman–Crippen LogP) is 5.58. The highest BCUT2D eigenvalue weighted by Gasteiger charge is 2.12. The number of carbonyl (C=O) groups is 1. The van der Waals surface area contributed by atoms with Gasteiger partial charge in [0.15, 0.2) is 0 Å². The first kappa shape index (κ1) is 25.3. The van der Waals surface area contributed by atoms with E-state index in [2.05, 4.69) is 31.1 Å². The lowest BCUT2D eigenvalue weighted by Gasteiger charge is -2.20. The first-order chi connectivity index (χ1) is 15.5. The summed E-state index contributed by atoms with van der Waals surface area (Å²) >= 11 is 0. The summed E-state index contributed by atoms with van der Waals surface area (Å²) < 4.78 is 12.6. The highest BCUT2D eigenvalue weighted by molar-refractivity contribution is 5.90. The van der Waals surface area contributed by atoms with Gasteiger partial charge in [-0.1, -0.05) is 34.6 Å². The van der Waals surface area contributed by atoms with Crippen LogP contribution in [0.3, 0.4) is 0 Å². The molecule has 0 bridgehead atoms. The average molecular weight is 441 g/mol. The summed E-state index contributed by atoms with van der Waals surface area (Å²) in [5, 5.41) is 3.52. The van der Waals surface area contributed by atoms with Crippen molar-refractivity contribution in [3.63, 3.8) is 0 Å². The van der Waals surface area contributed by atoms with E-state index in [1.54, 1.807) is 6.33 Å². The van der Waals surface area contributed by atoms with Gasteiger partial charge in [-0.2, -0.15) is 0 Å². The Labute approximate surface area is 191 Å². The van der Waals surface area contributed by atoms with Crippen LogP contribution in [0.25, 0.3) is 16.7 Å². The van der Waals surface area contributed by atoms with E-state index in [-0.39, 0.29) is 0 Å². The largest absolute Gasteiger partial charge is 0.493 e. The lowest BCUT2D eigenvalue weighted by molar-refractivity contribution is -0.105. The lowest BCUT2D eigenvalue weighted by Crippen LogP contribution is -2.23. The van der Waals surface area contributed by atoms with Gasteiger partial charge in [0.25, 0.3) is 0 Å². The Hall–Kier alpha value is -2.93. The van der Waals surface area contributed by atoms with Crippen molar-refractivity contribution in [1.82, 2.24) is 14.5 Å². The van der Waals surface area contributed by atoms with E-state index in [0.717, 1.165) is 53.7 Å². The molecule has 0 radical (unpaired) electrons. The van der Waals surface area contributed by atoms with Gasteiger partial charge in [-0.05, 0) is 37.5 Å². The smallest absolute Gasteiger partial charge is 0.211 e. The SMILES string of the molecule is CC.CC1COC1.CCOc1cc(-n2cnc(C(C)CC)c2)nc2ccc(NC=O)cc12. The Morgan fingerprint density at radius 2 is 2.00 bits per heavy atom. The molecular weight excluding hydrogens is 404 g/mol. The second-order valence-electron chi connectivity index (χ2n) is 7.56. The van der Waals surface area contributed by atoms with E-state index >= 15 is 0 Å². The monoisotopic (exact) mass is 440 g/mol. The molecule has 174 valence electrons. The number of benzene rings is 1. The minimum absolute atomic E-state index is 0.407. The zero-order chi connectivity index (χ0) is 23.5. The fourth-order valence-electron chi connectivity index (χ4n) is 3.03. The molecule has 1 aliphatic rings. The van der Waals surface area contributed by atoms with Crippen LogP contribution in [0.2, 0.25) is 0 Å². The second kappa shape index (κ2) is 12.8. The standard InChI is InChI=1S/C19H22N4O2.C4H8O.C2H6/c1-4-13(3)17-10-23(11-20-17)19-9-18(25-5-2)15-8-14(21-12-24)6-7-16(15)22-19;1-4-2-5-3-4;1-2/h6-13H,4-5H2,1-3H3,(H,21,24);4H,2-3H2,1H3;1-2H3. The van der Waals surface area contributed by atoms with Crippen molar-refractivity contribution in [2.24, 2.45) is 5.92 Å². The summed E-state index contributed by atoms with van der Waals surface area (Å²) in [7, 11) is 0. The number of imidazole rings is 1. The summed E-state index contributed by atoms with van der Waals surface area (Å²) in [6, 6.07) is 7.46. The molecular formula is C25H36N4O3. The van der Waals surface area contributed by atoms with Crippen molar-refractivity contribution in [3.05, 3.63) is 42.5 Å². The maximum absolute atomic E-state index is 10.7. The molecule has 1 saturated heterocycles. The molecule has 0 saturated carbocycles. The van der Waals surface area contributed by atoms with Crippen molar-refractivity contribution in [2.75, 3.05) is 25.1 Å². The first-order valence-electron chi connectivity index (χ1n) is 11.4. The molecule has 7 heteroatoms. The zero-order valence-corrected chi connectivity index (χ0v) is 20.1. The van der Waals surface area contributed by atoms with Crippen LogP contribution in [-0.4, -0.2) is 40.8 Å². The Morgan fingerprint density at radius 3 is 2.56 bits per heavy atom. The van der Waals surface area contributed by atoms with E-state index in [1.165, 1.54) is 0 Å². The quantitative estimate of drug-likeness (QED) is 0.485. The summed E-state index contributed by atoms with van der Waals surface area (Å²) in [4.78, 5) is 19.9. The number of nitrogens with one attached hydrogen (secondary N) is 1. The molecule has 1 atom stereocenters. The zero-order valence-electron chi connectivity index (χ0n) is 20.1. The number of pyridine rings is 1. The Morgan fingerprint density at radius 1 is 1.28 bits per heavy atom. The molecule has 3 aromatic rings. The molecule has 2 aromatic heterocycles. The number of rotatable bonds is 7. The molecule has 3 heterocycles.